The number of benzene rings is 2. The first-order valence-corrected chi connectivity index (χ1v) is 10.9. The second-order valence-corrected chi connectivity index (χ2v) is 7.69. The van der Waals surface area contributed by atoms with Gasteiger partial charge < -0.3 is 19.3 Å². The number of aliphatic hydroxyl groups excluding tert-OH is 1. The third-order valence-electron chi connectivity index (χ3n) is 5.14. The summed E-state index contributed by atoms with van der Waals surface area (Å²) in [4.78, 5) is 2.17. The van der Waals surface area contributed by atoms with Crippen LogP contribution in [-0.2, 0) is 17.7 Å². The van der Waals surface area contributed by atoms with Gasteiger partial charge >= 0.3 is 0 Å². The molecule has 3 rings (SSSR count). The van der Waals surface area contributed by atoms with Crippen LogP contribution in [0.25, 0.3) is 5.69 Å². The number of aryl methyl sites for hydroxylation is 1. The zero-order valence-corrected chi connectivity index (χ0v) is 19.3. The smallest absolute Gasteiger partial charge is 0.227 e. The summed E-state index contributed by atoms with van der Waals surface area (Å²) in [6.45, 7) is 6.29. The lowest BCUT2D eigenvalue weighted by atomic mass is 10.1. The van der Waals surface area contributed by atoms with Gasteiger partial charge in [-0.25, -0.2) is 4.68 Å². The maximum Gasteiger partial charge on any atom is 0.227 e. The number of rotatable bonds is 12. The highest BCUT2D eigenvalue weighted by Gasteiger charge is 2.23. The van der Waals surface area contributed by atoms with Crippen LogP contribution in [0.2, 0.25) is 0 Å². The molecular formula is C25H33N3O4. The number of nitrogens with zero attached hydrogens (tertiary/aromatic N) is 3. The quantitative estimate of drug-likeness (QED) is 0.459. The Balaban J connectivity index is 2.03. The van der Waals surface area contributed by atoms with Gasteiger partial charge in [-0.15, -0.1) is 0 Å². The van der Waals surface area contributed by atoms with E-state index in [1.54, 1.807) is 21.1 Å². The Morgan fingerprint density at radius 3 is 2.31 bits per heavy atom. The molecule has 0 bridgehead atoms. The molecule has 1 atom stereocenters. The van der Waals surface area contributed by atoms with E-state index in [0.717, 1.165) is 29.1 Å². The molecule has 0 aliphatic carbocycles. The molecule has 0 saturated heterocycles. The molecule has 1 aromatic heterocycles. The van der Waals surface area contributed by atoms with Gasteiger partial charge in [0, 0.05) is 26.7 Å². The Kier molecular flexibility index (Phi) is 8.67. The average Bonchev–Trinajstić information content (AvgIpc) is 3.15. The average molecular weight is 440 g/mol. The molecule has 0 aliphatic heterocycles. The molecule has 1 heterocycles. The van der Waals surface area contributed by atoms with E-state index in [4.69, 9.17) is 19.3 Å². The first-order valence-electron chi connectivity index (χ1n) is 10.9. The summed E-state index contributed by atoms with van der Waals surface area (Å²) < 4.78 is 18.8. The Morgan fingerprint density at radius 1 is 1.03 bits per heavy atom. The second kappa shape index (κ2) is 11.7. The van der Waals surface area contributed by atoms with Crippen molar-refractivity contribution in [2.24, 2.45) is 0 Å². The Bertz CT molecular complexity index is 955. The van der Waals surface area contributed by atoms with Crippen molar-refractivity contribution in [3.63, 3.8) is 0 Å². The summed E-state index contributed by atoms with van der Waals surface area (Å²) in [6.07, 6.45) is 0.313. The van der Waals surface area contributed by atoms with E-state index in [-0.39, 0.29) is 0 Å². The molecule has 0 saturated carbocycles. The summed E-state index contributed by atoms with van der Waals surface area (Å²) in [5, 5.41) is 14.9. The lowest BCUT2D eigenvalue weighted by molar-refractivity contribution is 0.0934. The van der Waals surface area contributed by atoms with Gasteiger partial charge in [-0.1, -0.05) is 25.1 Å². The number of aromatic nitrogens is 2. The Morgan fingerprint density at radius 2 is 1.72 bits per heavy atom. The monoisotopic (exact) mass is 439 g/mol. The zero-order valence-electron chi connectivity index (χ0n) is 19.3. The normalized spacial score (nSPS) is 12.2. The van der Waals surface area contributed by atoms with Crippen molar-refractivity contribution in [3.05, 3.63) is 65.9 Å². The highest BCUT2D eigenvalue weighted by molar-refractivity contribution is 5.44. The minimum Gasteiger partial charge on any atom is -0.497 e. The van der Waals surface area contributed by atoms with Crippen molar-refractivity contribution < 1.29 is 19.3 Å². The molecule has 2 aromatic carbocycles. The van der Waals surface area contributed by atoms with Crippen LogP contribution in [0.3, 0.4) is 0 Å². The van der Waals surface area contributed by atoms with E-state index in [2.05, 4.69) is 11.8 Å². The predicted octanol–water partition coefficient (Wildman–Crippen LogP) is 4.06. The standard InChI is InChI=1S/C25H33N3O4/c1-5-24-23(18-27(15-16-30-3)17-19(2)29)25(28(26-24)20-9-7-6-8-10-20)32-22-13-11-21(31-4)12-14-22/h6-14,19,29H,5,15-18H2,1-4H3/t19-/m1/s1. The van der Waals surface area contributed by atoms with Gasteiger partial charge in [-0.3, -0.25) is 4.90 Å². The van der Waals surface area contributed by atoms with Crippen molar-refractivity contribution in [2.45, 2.75) is 32.9 Å². The molecule has 7 heteroatoms. The predicted molar refractivity (Wildman–Crippen MR) is 125 cm³/mol. The minimum atomic E-state index is -0.452. The summed E-state index contributed by atoms with van der Waals surface area (Å²) >= 11 is 0. The van der Waals surface area contributed by atoms with Crippen molar-refractivity contribution in [1.29, 1.82) is 0 Å². The molecule has 0 aliphatic rings. The number of ether oxygens (including phenoxy) is 3. The van der Waals surface area contributed by atoms with Gasteiger partial charge in [-0.2, -0.15) is 5.10 Å². The Hall–Kier alpha value is -2.87. The van der Waals surface area contributed by atoms with Crippen molar-refractivity contribution in [3.8, 4) is 23.1 Å². The summed E-state index contributed by atoms with van der Waals surface area (Å²) in [5.41, 5.74) is 2.89. The minimum absolute atomic E-state index is 0.452. The van der Waals surface area contributed by atoms with E-state index in [0.29, 0.717) is 37.9 Å². The van der Waals surface area contributed by atoms with Crippen LogP contribution in [0, 0.1) is 0 Å². The van der Waals surface area contributed by atoms with E-state index < -0.39 is 6.10 Å². The SMILES string of the molecule is CCc1nn(-c2ccccc2)c(Oc2ccc(OC)cc2)c1CN(CCOC)C[C@@H](C)O. The lowest BCUT2D eigenvalue weighted by Gasteiger charge is -2.24. The molecule has 0 amide bonds. The number of aliphatic hydroxyl groups is 1. The van der Waals surface area contributed by atoms with E-state index in [1.165, 1.54) is 0 Å². The molecule has 0 fully saturated rings. The third kappa shape index (κ3) is 6.09. The van der Waals surface area contributed by atoms with Crippen molar-refractivity contribution in [1.82, 2.24) is 14.7 Å². The number of hydrogen-bond donors (Lipinski definition) is 1. The van der Waals surface area contributed by atoms with E-state index in [1.807, 2.05) is 59.3 Å². The highest BCUT2D eigenvalue weighted by Crippen LogP contribution is 2.33. The first-order chi connectivity index (χ1) is 15.5. The molecule has 0 unspecified atom stereocenters. The third-order valence-corrected chi connectivity index (χ3v) is 5.14. The van der Waals surface area contributed by atoms with E-state index in [9.17, 15) is 5.11 Å². The number of hydrogen-bond acceptors (Lipinski definition) is 6. The maximum absolute atomic E-state index is 10.0. The van der Waals surface area contributed by atoms with Crippen molar-refractivity contribution >= 4 is 0 Å². The van der Waals surface area contributed by atoms with Crippen LogP contribution < -0.4 is 9.47 Å². The van der Waals surface area contributed by atoms with Crippen LogP contribution in [0.15, 0.2) is 54.6 Å². The Labute approximate surface area is 190 Å². The fourth-order valence-corrected chi connectivity index (χ4v) is 3.58. The van der Waals surface area contributed by atoms with Gasteiger partial charge in [0.25, 0.3) is 0 Å². The molecule has 7 nitrogen and oxygen atoms in total. The summed E-state index contributed by atoms with van der Waals surface area (Å²) in [7, 11) is 3.33. The molecule has 172 valence electrons. The van der Waals surface area contributed by atoms with E-state index >= 15 is 0 Å². The zero-order chi connectivity index (χ0) is 22.9. The topological polar surface area (TPSA) is 69.0 Å². The van der Waals surface area contributed by atoms with Gasteiger partial charge in [0.15, 0.2) is 0 Å². The van der Waals surface area contributed by atoms with Gasteiger partial charge in [-0.05, 0) is 49.7 Å². The van der Waals surface area contributed by atoms with Crippen LogP contribution in [0.1, 0.15) is 25.1 Å². The second-order valence-electron chi connectivity index (χ2n) is 7.69. The van der Waals surface area contributed by atoms with Crippen molar-refractivity contribution in [2.75, 3.05) is 33.9 Å². The molecule has 32 heavy (non-hydrogen) atoms. The number of para-hydroxylation sites is 1. The van der Waals surface area contributed by atoms with Crippen LogP contribution in [-0.4, -0.2) is 59.8 Å². The van der Waals surface area contributed by atoms with Crippen LogP contribution in [0.5, 0.6) is 17.4 Å². The van der Waals surface area contributed by atoms with Crippen LogP contribution in [0.4, 0.5) is 0 Å². The summed E-state index contributed by atoms with van der Waals surface area (Å²) in [5.74, 6) is 2.14. The highest BCUT2D eigenvalue weighted by atomic mass is 16.5. The fraction of sp³-hybridized carbons (Fsp3) is 0.400. The first kappa shape index (κ1) is 23.8. The number of methoxy groups -OCH3 is 2. The largest absolute Gasteiger partial charge is 0.497 e. The molecule has 1 N–H and O–H groups in total. The lowest BCUT2D eigenvalue weighted by Crippen LogP contribution is -2.33. The molecule has 3 aromatic rings. The van der Waals surface area contributed by atoms with Gasteiger partial charge in [0.2, 0.25) is 5.88 Å². The van der Waals surface area contributed by atoms with Gasteiger partial charge in [0.1, 0.15) is 11.5 Å². The molecule has 0 radical (unpaired) electrons. The summed E-state index contributed by atoms with van der Waals surface area (Å²) in [6, 6.07) is 17.5. The molecular weight excluding hydrogens is 406 g/mol. The maximum atomic E-state index is 10.0. The molecule has 0 spiro atoms. The van der Waals surface area contributed by atoms with Gasteiger partial charge in [0.05, 0.1) is 36.8 Å². The fourth-order valence-electron chi connectivity index (χ4n) is 3.58. The van der Waals surface area contributed by atoms with Crippen LogP contribution >= 0.6 is 0 Å².